The van der Waals surface area contributed by atoms with Gasteiger partial charge in [-0.05, 0) is 36.4 Å². The van der Waals surface area contributed by atoms with Gasteiger partial charge in [0.2, 0.25) is 0 Å². The van der Waals surface area contributed by atoms with Crippen LogP contribution in [0.3, 0.4) is 0 Å². The average molecular weight is 282 g/mol. The van der Waals surface area contributed by atoms with Crippen LogP contribution < -0.4 is 10.6 Å². The molecular formula is C12H9Cl2N3O. The number of carbonyl (C=O) groups is 1. The summed E-state index contributed by atoms with van der Waals surface area (Å²) in [7, 11) is 0. The van der Waals surface area contributed by atoms with Crippen LogP contribution in [0, 0.1) is 0 Å². The van der Waals surface area contributed by atoms with Crippen molar-refractivity contribution in [2.24, 2.45) is 0 Å². The Kier molecular flexibility index (Phi) is 4.02. The van der Waals surface area contributed by atoms with Gasteiger partial charge in [-0.25, -0.2) is 9.78 Å². The maximum atomic E-state index is 11.7. The van der Waals surface area contributed by atoms with E-state index in [1.54, 1.807) is 36.4 Å². The van der Waals surface area contributed by atoms with Gasteiger partial charge in [0.15, 0.2) is 0 Å². The predicted octanol–water partition coefficient (Wildman–Crippen LogP) is 4.03. The highest BCUT2D eigenvalue weighted by Crippen LogP contribution is 2.15. The maximum Gasteiger partial charge on any atom is 0.323 e. The van der Waals surface area contributed by atoms with E-state index in [0.29, 0.717) is 21.6 Å². The summed E-state index contributed by atoms with van der Waals surface area (Å²) >= 11 is 11.5. The molecular weight excluding hydrogens is 273 g/mol. The Labute approximate surface area is 114 Å². The van der Waals surface area contributed by atoms with Crippen molar-refractivity contribution in [2.45, 2.75) is 0 Å². The van der Waals surface area contributed by atoms with Crippen molar-refractivity contribution >= 4 is 40.6 Å². The molecule has 6 heteroatoms. The van der Waals surface area contributed by atoms with Crippen molar-refractivity contribution in [1.82, 2.24) is 4.98 Å². The normalized spacial score (nSPS) is 9.89. The molecule has 0 saturated heterocycles. The average Bonchev–Trinajstić information content (AvgIpc) is 2.32. The third kappa shape index (κ3) is 3.61. The summed E-state index contributed by atoms with van der Waals surface area (Å²) in [6.45, 7) is 0. The Hall–Kier alpha value is -1.78. The first-order chi connectivity index (χ1) is 8.63. The summed E-state index contributed by atoms with van der Waals surface area (Å²) in [6.07, 6.45) is 1.51. The van der Waals surface area contributed by atoms with Gasteiger partial charge >= 0.3 is 6.03 Å². The van der Waals surface area contributed by atoms with Gasteiger partial charge in [-0.3, -0.25) is 0 Å². The first kappa shape index (κ1) is 12.7. The number of carbonyl (C=O) groups excluding carboxylic acids is 1. The fourth-order valence-corrected chi connectivity index (χ4v) is 1.61. The molecule has 0 spiro atoms. The Bertz CT molecular complexity index is 558. The molecule has 0 atom stereocenters. The number of hydrogen-bond acceptors (Lipinski definition) is 2. The van der Waals surface area contributed by atoms with E-state index in [2.05, 4.69) is 15.6 Å². The zero-order valence-electron chi connectivity index (χ0n) is 9.15. The lowest BCUT2D eigenvalue weighted by Crippen LogP contribution is -2.19. The van der Waals surface area contributed by atoms with Gasteiger partial charge in [-0.15, -0.1) is 0 Å². The molecule has 0 unspecified atom stereocenters. The first-order valence-electron chi connectivity index (χ1n) is 5.08. The molecule has 0 aliphatic carbocycles. The van der Waals surface area contributed by atoms with Crippen molar-refractivity contribution in [1.29, 1.82) is 0 Å². The molecule has 2 amide bonds. The molecule has 1 aromatic carbocycles. The maximum absolute atomic E-state index is 11.7. The van der Waals surface area contributed by atoms with Crippen LogP contribution in [0.1, 0.15) is 0 Å². The topological polar surface area (TPSA) is 54.0 Å². The minimum absolute atomic E-state index is 0.319. The number of hydrogen-bond donors (Lipinski definition) is 2. The fraction of sp³-hybridized carbons (Fsp3) is 0. The molecule has 18 heavy (non-hydrogen) atoms. The molecule has 92 valence electrons. The van der Waals surface area contributed by atoms with Gasteiger partial charge in [-0.2, -0.15) is 0 Å². The number of anilines is 2. The van der Waals surface area contributed by atoms with Gasteiger partial charge in [-0.1, -0.05) is 23.2 Å². The summed E-state index contributed by atoms with van der Waals surface area (Å²) in [6, 6.07) is 9.65. The van der Waals surface area contributed by atoms with Crippen LogP contribution in [0.5, 0.6) is 0 Å². The van der Waals surface area contributed by atoms with Crippen LogP contribution in [0.15, 0.2) is 42.6 Å². The van der Waals surface area contributed by atoms with Gasteiger partial charge in [0, 0.05) is 22.6 Å². The number of aromatic nitrogens is 1. The highest BCUT2D eigenvalue weighted by atomic mass is 35.5. The molecule has 4 nitrogen and oxygen atoms in total. The quantitative estimate of drug-likeness (QED) is 0.817. The summed E-state index contributed by atoms with van der Waals surface area (Å²) < 4.78 is 0. The number of nitrogens with zero attached hydrogens (tertiary/aromatic N) is 1. The molecule has 1 aromatic heterocycles. The van der Waals surface area contributed by atoms with Crippen molar-refractivity contribution in [2.75, 3.05) is 10.6 Å². The van der Waals surface area contributed by atoms with E-state index in [1.165, 1.54) is 6.20 Å². The molecule has 0 bridgehead atoms. The van der Waals surface area contributed by atoms with E-state index in [1.807, 2.05) is 0 Å². The summed E-state index contributed by atoms with van der Waals surface area (Å²) in [5, 5.41) is 6.23. The van der Waals surface area contributed by atoms with E-state index in [0.717, 1.165) is 0 Å². The molecule has 0 aliphatic rings. The Balaban J connectivity index is 1.98. The van der Waals surface area contributed by atoms with Crippen LogP contribution in [0.4, 0.5) is 16.2 Å². The minimum atomic E-state index is -0.361. The Morgan fingerprint density at radius 3 is 2.33 bits per heavy atom. The van der Waals surface area contributed by atoms with Crippen molar-refractivity contribution in [3.8, 4) is 0 Å². The number of pyridine rings is 1. The largest absolute Gasteiger partial charge is 0.323 e. The lowest BCUT2D eigenvalue weighted by Gasteiger charge is -2.07. The second kappa shape index (κ2) is 5.71. The Morgan fingerprint density at radius 1 is 1.00 bits per heavy atom. The Morgan fingerprint density at radius 2 is 1.67 bits per heavy atom. The number of halogens is 2. The number of urea groups is 1. The summed E-state index contributed by atoms with van der Waals surface area (Å²) in [5.41, 5.74) is 1.22. The van der Waals surface area contributed by atoms with E-state index in [4.69, 9.17) is 23.2 Å². The van der Waals surface area contributed by atoms with Gasteiger partial charge < -0.3 is 10.6 Å². The van der Waals surface area contributed by atoms with Gasteiger partial charge in [0.05, 0.1) is 0 Å². The van der Waals surface area contributed by atoms with Gasteiger partial charge in [0.25, 0.3) is 0 Å². The summed E-state index contributed by atoms with van der Waals surface area (Å²) in [5.74, 6) is 0. The van der Waals surface area contributed by atoms with E-state index in [9.17, 15) is 4.79 Å². The van der Waals surface area contributed by atoms with Crippen LogP contribution >= 0.6 is 23.2 Å². The van der Waals surface area contributed by atoms with Crippen molar-refractivity contribution in [3.63, 3.8) is 0 Å². The van der Waals surface area contributed by atoms with Crippen LogP contribution in [-0.4, -0.2) is 11.0 Å². The van der Waals surface area contributed by atoms with Crippen LogP contribution in [0.2, 0.25) is 10.2 Å². The summed E-state index contributed by atoms with van der Waals surface area (Å²) in [4.78, 5) is 15.5. The molecule has 2 aromatic rings. The lowest BCUT2D eigenvalue weighted by atomic mass is 10.3. The minimum Gasteiger partial charge on any atom is -0.308 e. The van der Waals surface area contributed by atoms with E-state index >= 15 is 0 Å². The second-order valence-electron chi connectivity index (χ2n) is 3.45. The number of nitrogens with one attached hydrogen (secondary N) is 2. The number of rotatable bonds is 2. The molecule has 2 N–H and O–H groups in total. The molecule has 2 rings (SSSR count). The smallest absolute Gasteiger partial charge is 0.308 e. The highest BCUT2D eigenvalue weighted by Gasteiger charge is 2.03. The molecule has 0 radical (unpaired) electrons. The zero-order chi connectivity index (χ0) is 13.0. The second-order valence-corrected chi connectivity index (χ2v) is 4.28. The number of amides is 2. The van der Waals surface area contributed by atoms with Crippen molar-refractivity contribution < 1.29 is 4.79 Å². The highest BCUT2D eigenvalue weighted by molar-refractivity contribution is 6.30. The van der Waals surface area contributed by atoms with Gasteiger partial charge in [0.1, 0.15) is 5.15 Å². The van der Waals surface area contributed by atoms with Crippen molar-refractivity contribution in [3.05, 3.63) is 52.8 Å². The SMILES string of the molecule is O=C(Nc1ccc(Cl)cc1)Nc1ccnc(Cl)c1. The van der Waals surface area contributed by atoms with Crippen LogP contribution in [-0.2, 0) is 0 Å². The van der Waals surface area contributed by atoms with Crippen LogP contribution in [0.25, 0.3) is 0 Å². The van der Waals surface area contributed by atoms with E-state index in [-0.39, 0.29) is 6.03 Å². The molecule has 1 heterocycles. The zero-order valence-corrected chi connectivity index (χ0v) is 10.7. The van der Waals surface area contributed by atoms with E-state index < -0.39 is 0 Å². The molecule has 0 fully saturated rings. The molecule has 0 saturated carbocycles. The number of benzene rings is 1. The lowest BCUT2D eigenvalue weighted by molar-refractivity contribution is 0.262. The standard InChI is InChI=1S/C12H9Cl2N3O/c13-8-1-3-9(4-2-8)16-12(18)17-10-5-6-15-11(14)7-10/h1-7H,(H2,15,16,17,18). The predicted molar refractivity (Wildman–Crippen MR) is 73.3 cm³/mol. The first-order valence-corrected chi connectivity index (χ1v) is 5.84. The monoisotopic (exact) mass is 281 g/mol. The third-order valence-electron chi connectivity index (χ3n) is 2.09. The fourth-order valence-electron chi connectivity index (χ4n) is 1.31. The third-order valence-corrected chi connectivity index (χ3v) is 2.55. The molecule has 0 aliphatic heterocycles.